The fourth-order valence-corrected chi connectivity index (χ4v) is 1.87. The summed E-state index contributed by atoms with van der Waals surface area (Å²) < 4.78 is 0. The van der Waals surface area contributed by atoms with Crippen LogP contribution in [0.25, 0.3) is 0 Å². The van der Waals surface area contributed by atoms with Gasteiger partial charge in [0.2, 0.25) is 0 Å². The van der Waals surface area contributed by atoms with Crippen LogP contribution >= 0.6 is 0 Å². The Bertz CT molecular complexity index is 497. The molecule has 3 heteroatoms. The molecule has 1 N–H and O–H groups in total. The van der Waals surface area contributed by atoms with E-state index >= 15 is 0 Å². The smallest absolute Gasteiger partial charge is 0.0831 e. The van der Waals surface area contributed by atoms with Crippen LogP contribution in [0, 0.1) is 0 Å². The molecule has 0 aliphatic rings. The number of anilines is 1. The third-order valence-corrected chi connectivity index (χ3v) is 2.92. The van der Waals surface area contributed by atoms with E-state index in [9.17, 15) is 5.11 Å². The van der Waals surface area contributed by atoms with Gasteiger partial charge in [-0.1, -0.05) is 18.2 Å². The number of benzene rings is 1. The van der Waals surface area contributed by atoms with Gasteiger partial charge in [0, 0.05) is 38.6 Å². The standard InChI is InChI=1S/C15H18N2O/c1-17(2)14-7-3-6-13(10-14)15(18)9-12-5-4-8-16-11-12/h3-8,10-11,15,18H,9H2,1-2H3. The molecular formula is C15H18N2O. The average molecular weight is 242 g/mol. The van der Waals surface area contributed by atoms with Gasteiger partial charge >= 0.3 is 0 Å². The predicted molar refractivity (Wildman–Crippen MR) is 73.7 cm³/mol. The van der Waals surface area contributed by atoms with Crippen molar-refractivity contribution in [3.05, 3.63) is 59.9 Å². The molecule has 0 aliphatic heterocycles. The summed E-state index contributed by atoms with van der Waals surface area (Å²) in [5.41, 5.74) is 3.07. The topological polar surface area (TPSA) is 36.4 Å². The highest BCUT2D eigenvalue weighted by molar-refractivity contribution is 5.47. The second kappa shape index (κ2) is 5.65. The van der Waals surface area contributed by atoms with Gasteiger partial charge in [0.25, 0.3) is 0 Å². The summed E-state index contributed by atoms with van der Waals surface area (Å²) in [6.07, 6.45) is 3.63. The third-order valence-electron chi connectivity index (χ3n) is 2.92. The summed E-state index contributed by atoms with van der Waals surface area (Å²) in [5, 5.41) is 10.2. The lowest BCUT2D eigenvalue weighted by Crippen LogP contribution is -2.10. The first-order valence-electron chi connectivity index (χ1n) is 6.01. The van der Waals surface area contributed by atoms with E-state index in [4.69, 9.17) is 0 Å². The van der Waals surface area contributed by atoms with E-state index < -0.39 is 6.10 Å². The van der Waals surface area contributed by atoms with E-state index in [2.05, 4.69) is 4.98 Å². The van der Waals surface area contributed by atoms with Crippen LogP contribution in [0.2, 0.25) is 0 Å². The van der Waals surface area contributed by atoms with Crippen molar-refractivity contribution in [2.75, 3.05) is 19.0 Å². The number of rotatable bonds is 4. The van der Waals surface area contributed by atoms with Crippen LogP contribution in [0.15, 0.2) is 48.8 Å². The van der Waals surface area contributed by atoms with E-state index in [0.29, 0.717) is 6.42 Å². The number of hydrogen-bond donors (Lipinski definition) is 1. The number of aliphatic hydroxyl groups excluding tert-OH is 1. The van der Waals surface area contributed by atoms with Gasteiger partial charge in [0.15, 0.2) is 0 Å². The van der Waals surface area contributed by atoms with Crippen LogP contribution in [-0.4, -0.2) is 24.2 Å². The Balaban J connectivity index is 2.14. The Morgan fingerprint density at radius 1 is 1.22 bits per heavy atom. The van der Waals surface area contributed by atoms with Crippen LogP contribution < -0.4 is 4.90 Å². The molecule has 0 saturated carbocycles. The zero-order valence-corrected chi connectivity index (χ0v) is 10.7. The first-order chi connectivity index (χ1) is 8.66. The molecule has 3 nitrogen and oxygen atoms in total. The van der Waals surface area contributed by atoms with E-state index in [1.807, 2.05) is 55.4 Å². The van der Waals surface area contributed by atoms with Crippen molar-refractivity contribution in [1.29, 1.82) is 0 Å². The third kappa shape index (κ3) is 3.08. The minimum atomic E-state index is -0.492. The van der Waals surface area contributed by atoms with Crippen LogP contribution in [0.3, 0.4) is 0 Å². The summed E-state index contributed by atoms with van der Waals surface area (Å²) in [5.74, 6) is 0. The molecule has 1 aromatic heterocycles. The molecule has 0 saturated heterocycles. The molecule has 18 heavy (non-hydrogen) atoms. The van der Waals surface area contributed by atoms with Crippen molar-refractivity contribution in [3.63, 3.8) is 0 Å². The van der Waals surface area contributed by atoms with Crippen molar-refractivity contribution in [1.82, 2.24) is 4.98 Å². The maximum absolute atomic E-state index is 10.2. The van der Waals surface area contributed by atoms with Crippen LogP contribution in [0.5, 0.6) is 0 Å². The SMILES string of the molecule is CN(C)c1cccc(C(O)Cc2cccnc2)c1. The Kier molecular flexibility index (Phi) is 3.95. The van der Waals surface area contributed by atoms with Crippen molar-refractivity contribution in [2.45, 2.75) is 12.5 Å². The van der Waals surface area contributed by atoms with E-state index in [1.54, 1.807) is 12.4 Å². The molecule has 0 aliphatic carbocycles. The molecule has 0 spiro atoms. The highest BCUT2D eigenvalue weighted by atomic mass is 16.3. The number of pyridine rings is 1. The van der Waals surface area contributed by atoms with Gasteiger partial charge in [0.05, 0.1) is 6.10 Å². The number of aromatic nitrogens is 1. The van der Waals surface area contributed by atoms with Gasteiger partial charge in [-0.3, -0.25) is 4.98 Å². The zero-order chi connectivity index (χ0) is 13.0. The average Bonchev–Trinajstić information content (AvgIpc) is 2.40. The Morgan fingerprint density at radius 2 is 2.06 bits per heavy atom. The summed E-state index contributed by atoms with van der Waals surface area (Å²) >= 11 is 0. The molecule has 2 rings (SSSR count). The first-order valence-corrected chi connectivity index (χ1v) is 6.01. The molecular weight excluding hydrogens is 224 g/mol. The van der Waals surface area contributed by atoms with Crippen LogP contribution in [-0.2, 0) is 6.42 Å². The van der Waals surface area contributed by atoms with Crippen molar-refractivity contribution in [2.24, 2.45) is 0 Å². The molecule has 1 atom stereocenters. The maximum atomic E-state index is 10.2. The van der Waals surface area contributed by atoms with Crippen LogP contribution in [0.1, 0.15) is 17.2 Å². The summed E-state index contributed by atoms with van der Waals surface area (Å²) in [7, 11) is 3.99. The van der Waals surface area contributed by atoms with E-state index in [-0.39, 0.29) is 0 Å². The van der Waals surface area contributed by atoms with E-state index in [1.165, 1.54) is 0 Å². The van der Waals surface area contributed by atoms with Gasteiger partial charge in [-0.2, -0.15) is 0 Å². The Labute approximate surface area is 108 Å². The number of nitrogens with zero attached hydrogens (tertiary/aromatic N) is 2. The Morgan fingerprint density at radius 3 is 2.72 bits per heavy atom. The second-order valence-corrected chi connectivity index (χ2v) is 4.57. The molecule has 0 fully saturated rings. The highest BCUT2D eigenvalue weighted by Gasteiger charge is 2.09. The van der Waals surface area contributed by atoms with Gasteiger partial charge in [-0.25, -0.2) is 0 Å². The zero-order valence-electron chi connectivity index (χ0n) is 10.7. The molecule has 0 bridgehead atoms. The molecule has 94 valence electrons. The lowest BCUT2D eigenvalue weighted by Gasteiger charge is -2.16. The van der Waals surface area contributed by atoms with E-state index in [0.717, 1.165) is 16.8 Å². The second-order valence-electron chi connectivity index (χ2n) is 4.57. The summed E-state index contributed by atoms with van der Waals surface area (Å²) in [6, 6.07) is 11.8. The fourth-order valence-electron chi connectivity index (χ4n) is 1.87. The lowest BCUT2D eigenvalue weighted by molar-refractivity contribution is 0.178. The molecule has 0 amide bonds. The molecule has 2 aromatic rings. The minimum Gasteiger partial charge on any atom is -0.388 e. The molecule has 1 aromatic carbocycles. The Hall–Kier alpha value is -1.87. The summed E-state index contributed by atoms with van der Waals surface area (Å²) in [6.45, 7) is 0. The number of hydrogen-bond acceptors (Lipinski definition) is 3. The molecule has 1 heterocycles. The first kappa shape index (κ1) is 12.6. The monoisotopic (exact) mass is 242 g/mol. The highest BCUT2D eigenvalue weighted by Crippen LogP contribution is 2.22. The summed E-state index contributed by atoms with van der Waals surface area (Å²) in [4.78, 5) is 6.09. The largest absolute Gasteiger partial charge is 0.388 e. The van der Waals surface area contributed by atoms with Crippen molar-refractivity contribution < 1.29 is 5.11 Å². The van der Waals surface area contributed by atoms with Gasteiger partial charge in [-0.15, -0.1) is 0 Å². The minimum absolute atomic E-state index is 0.492. The van der Waals surface area contributed by atoms with Gasteiger partial charge < -0.3 is 10.0 Å². The van der Waals surface area contributed by atoms with Crippen molar-refractivity contribution in [3.8, 4) is 0 Å². The predicted octanol–water partition coefficient (Wildman–Crippen LogP) is 2.42. The lowest BCUT2D eigenvalue weighted by atomic mass is 10.0. The normalized spacial score (nSPS) is 12.2. The maximum Gasteiger partial charge on any atom is 0.0831 e. The fraction of sp³-hybridized carbons (Fsp3) is 0.267. The molecule has 0 radical (unpaired) electrons. The van der Waals surface area contributed by atoms with Gasteiger partial charge in [0.1, 0.15) is 0 Å². The number of aliphatic hydroxyl groups is 1. The molecule has 1 unspecified atom stereocenters. The van der Waals surface area contributed by atoms with Crippen LogP contribution in [0.4, 0.5) is 5.69 Å². The van der Waals surface area contributed by atoms with Gasteiger partial charge in [-0.05, 0) is 29.3 Å². The van der Waals surface area contributed by atoms with Crippen molar-refractivity contribution >= 4 is 5.69 Å². The quantitative estimate of drug-likeness (QED) is 0.894.